The van der Waals surface area contributed by atoms with E-state index in [9.17, 15) is 10.1 Å². The second-order valence-corrected chi connectivity index (χ2v) is 5.27. The Labute approximate surface area is 128 Å². The van der Waals surface area contributed by atoms with Crippen molar-refractivity contribution < 1.29 is 4.42 Å². The fourth-order valence-electron chi connectivity index (χ4n) is 2.23. The van der Waals surface area contributed by atoms with Gasteiger partial charge in [0, 0.05) is 5.92 Å². The molecule has 0 N–H and O–H groups in total. The van der Waals surface area contributed by atoms with E-state index in [2.05, 4.69) is 15.3 Å². The van der Waals surface area contributed by atoms with E-state index in [1.165, 1.54) is 4.68 Å². The van der Waals surface area contributed by atoms with Crippen molar-refractivity contribution in [3.8, 4) is 6.07 Å². The average molecular weight is 301 g/mol. The van der Waals surface area contributed by atoms with E-state index in [1.807, 2.05) is 33.8 Å². The summed E-state index contributed by atoms with van der Waals surface area (Å²) in [4.78, 5) is 12.4. The summed E-state index contributed by atoms with van der Waals surface area (Å²) < 4.78 is 6.73. The Morgan fingerprint density at radius 2 is 2.00 bits per heavy atom. The van der Waals surface area contributed by atoms with Crippen LogP contribution in [-0.4, -0.2) is 20.0 Å². The molecule has 0 saturated heterocycles. The first-order valence-electron chi connectivity index (χ1n) is 7.36. The molecule has 2 aromatic heterocycles. The van der Waals surface area contributed by atoms with Gasteiger partial charge in [-0.25, -0.2) is 4.68 Å². The van der Waals surface area contributed by atoms with Gasteiger partial charge in [-0.2, -0.15) is 10.4 Å². The molecule has 2 aromatic rings. The summed E-state index contributed by atoms with van der Waals surface area (Å²) in [6, 6.07) is 2.00. The molecule has 116 valence electrons. The largest absolute Gasteiger partial charge is 0.423 e. The van der Waals surface area contributed by atoms with Crippen molar-refractivity contribution in [3.63, 3.8) is 0 Å². The van der Waals surface area contributed by atoms with Gasteiger partial charge < -0.3 is 4.42 Å². The molecule has 0 aliphatic heterocycles. The predicted molar refractivity (Wildman–Crippen MR) is 79.5 cm³/mol. The van der Waals surface area contributed by atoms with Crippen LogP contribution in [0.2, 0.25) is 0 Å². The maximum absolute atomic E-state index is 12.4. The summed E-state index contributed by atoms with van der Waals surface area (Å²) in [5.41, 5.74) is 1.21. The van der Waals surface area contributed by atoms with Crippen LogP contribution >= 0.6 is 0 Å². The lowest BCUT2D eigenvalue weighted by molar-refractivity contribution is 0.410. The zero-order valence-corrected chi connectivity index (χ0v) is 13.3. The number of aromatic nitrogens is 4. The highest BCUT2D eigenvalue weighted by Crippen LogP contribution is 2.13. The first-order chi connectivity index (χ1) is 10.5. The van der Waals surface area contributed by atoms with E-state index in [0.29, 0.717) is 24.6 Å². The van der Waals surface area contributed by atoms with Crippen LogP contribution in [0.3, 0.4) is 0 Å². The normalized spacial score (nSPS) is 10.9. The Morgan fingerprint density at radius 1 is 1.27 bits per heavy atom. The molecule has 0 atom stereocenters. The molecule has 0 aliphatic rings. The van der Waals surface area contributed by atoms with E-state index < -0.39 is 5.56 Å². The highest BCUT2D eigenvalue weighted by Gasteiger charge is 2.17. The van der Waals surface area contributed by atoms with Crippen molar-refractivity contribution in [1.29, 1.82) is 5.26 Å². The van der Waals surface area contributed by atoms with Crippen LogP contribution in [0.1, 0.15) is 62.2 Å². The third-order valence-corrected chi connectivity index (χ3v) is 3.40. The minimum absolute atomic E-state index is 0.0736. The van der Waals surface area contributed by atoms with Crippen LogP contribution in [0.4, 0.5) is 0 Å². The zero-order chi connectivity index (χ0) is 16.3. The van der Waals surface area contributed by atoms with Crippen LogP contribution in [0.25, 0.3) is 0 Å². The van der Waals surface area contributed by atoms with Gasteiger partial charge in [0.15, 0.2) is 0 Å². The number of aryl methyl sites for hydroxylation is 1. The van der Waals surface area contributed by atoms with Gasteiger partial charge in [-0.3, -0.25) is 4.79 Å². The van der Waals surface area contributed by atoms with Crippen LogP contribution in [-0.2, 0) is 19.4 Å². The molecular formula is C15H19N5O2. The van der Waals surface area contributed by atoms with Crippen LogP contribution < -0.4 is 5.56 Å². The van der Waals surface area contributed by atoms with E-state index in [4.69, 9.17) is 4.42 Å². The SMILES string of the molecule is CCc1nn(Cc2nnc(C(C)C)o2)c(=O)c(C#N)c1CC. The third-order valence-electron chi connectivity index (χ3n) is 3.40. The molecule has 0 radical (unpaired) electrons. The highest BCUT2D eigenvalue weighted by molar-refractivity contribution is 5.38. The number of hydrogen-bond donors (Lipinski definition) is 0. The quantitative estimate of drug-likeness (QED) is 0.835. The van der Waals surface area contributed by atoms with Gasteiger partial charge in [-0.15, -0.1) is 10.2 Å². The Bertz CT molecular complexity index is 767. The first kappa shape index (κ1) is 15.9. The molecule has 0 aliphatic carbocycles. The minimum atomic E-state index is -0.416. The molecule has 2 heterocycles. The molecule has 0 unspecified atom stereocenters. The molecule has 2 rings (SSSR count). The number of nitriles is 1. The van der Waals surface area contributed by atoms with Crippen molar-refractivity contribution in [2.24, 2.45) is 0 Å². The maximum atomic E-state index is 12.4. The molecule has 0 bridgehead atoms. The van der Waals surface area contributed by atoms with Gasteiger partial charge in [0.2, 0.25) is 11.8 Å². The molecule has 0 spiro atoms. The monoisotopic (exact) mass is 301 g/mol. The summed E-state index contributed by atoms with van der Waals surface area (Å²) in [5, 5.41) is 21.5. The van der Waals surface area contributed by atoms with Crippen molar-refractivity contribution in [2.75, 3.05) is 0 Å². The van der Waals surface area contributed by atoms with Crippen molar-refractivity contribution in [2.45, 2.75) is 53.0 Å². The summed E-state index contributed by atoms with van der Waals surface area (Å²) in [6.45, 7) is 7.82. The fourth-order valence-corrected chi connectivity index (χ4v) is 2.23. The third kappa shape index (κ3) is 2.91. The van der Waals surface area contributed by atoms with E-state index in [0.717, 1.165) is 11.3 Å². The number of nitrogens with zero attached hydrogens (tertiary/aromatic N) is 5. The molecule has 0 saturated carbocycles. The predicted octanol–water partition coefficient (Wildman–Crippen LogP) is 1.79. The lowest BCUT2D eigenvalue weighted by atomic mass is 10.0. The smallest absolute Gasteiger partial charge is 0.285 e. The lowest BCUT2D eigenvalue weighted by Crippen LogP contribution is -2.29. The Morgan fingerprint density at radius 3 is 2.50 bits per heavy atom. The van der Waals surface area contributed by atoms with Gasteiger partial charge in [0.05, 0.1) is 5.69 Å². The fraction of sp³-hybridized carbons (Fsp3) is 0.533. The standard InChI is InChI=1S/C15H19N5O2/c1-5-10-11(7-16)15(21)20(19-12(10)6-2)8-13-17-18-14(22-13)9(3)4/h9H,5-6,8H2,1-4H3. The van der Waals surface area contributed by atoms with Crippen molar-refractivity contribution in [3.05, 3.63) is 39.0 Å². The highest BCUT2D eigenvalue weighted by atomic mass is 16.4. The molecule has 22 heavy (non-hydrogen) atoms. The summed E-state index contributed by atoms with van der Waals surface area (Å²) in [7, 11) is 0. The summed E-state index contributed by atoms with van der Waals surface area (Å²) >= 11 is 0. The Balaban J connectivity index is 2.47. The van der Waals surface area contributed by atoms with E-state index in [-0.39, 0.29) is 18.0 Å². The molecule has 0 aromatic carbocycles. The molecular weight excluding hydrogens is 282 g/mol. The second-order valence-electron chi connectivity index (χ2n) is 5.27. The van der Waals surface area contributed by atoms with E-state index in [1.54, 1.807) is 0 Å². The second kappa shape index (κ2) is 6.52. The number of rotatable bonds is 5. The number of hydrogen-bond acceptors (Lipinski definition) is 6. The average Bonchev–Trinajstić information content (AvgIpc) is 2.97. The Kier molecular flexibility index (Phi) is 4.71. The lowest BCUT2D eigenvalue weighted by Gasteiger charge is -2.10. The van der Waals surface area contributed by atoms with Gasteiger partial charge in [-0.05, 0) is 18.4 Å². The van der Waals surface area contributed by atoms with Gasteiger partial charge in [-0.1, -0.05) is 27.7 Å². The van der Waals surface area contributed by atoms with Crippen molar-refractivity contribution in [1.82, 2.24) is 20.0 Å². The summed E-state index contributed by atoms with van der Waals surface area (Å²) in [5.74, 6) is 0.951. The Hall–Kier alpha value is -2.49. The molecule has 0 fully saturated rings. The minimum Gasteiger partial charge on any atom is -0.423 e. The van der Waals surface area contributed by atoms with Gasteiger partial charge in [0.1, 0.15) is 18.2 Å². The van der Waals surface area contributed by atoms with Crippen LogP contribution in [0, 0.1) is 11.3 Å². The maximum Gasteiger partial charge on any atom is 0.285 e. The van der Waals surface area contributed by atoms with Crippen molar-refractivity contribution >= 4 is 0 Å². The molecule has 7 heteroatoms. The van der Waals surface area contributed by atoms with E-state index >= 15 is 0 Å². The zero-order valence-electron chi connectivity index (χ0n) is 13.3. The van der Waals surface area contributed by atoms with Crippen LogP contribution in [0.15, 0.2) is 9.21 Å². The van der Waals surface area contributed by atoms with Crippen LogP contribution in [0.5, 0.6) is 0 Å². The summed E-state index contributed by atoms with van der Waals surface area (Å²) in [6.07, 6.45) is 1.26. The molecule has 7 nitrogen and oxygen atoms in total. The topological polar surface area (TPSA) is 97.6 Å². The van der Waals surface area contributed by atoms with Gasteiger partial charge in [0.25, 0.3) is 5.56 Å². The van der Waals surface area contributed by atoms with Gasteiger partial charge >= 0.3 is 0 Å². The molecule has 0 amide bonds. The first-order valence-corrected chi connectivity index (χ1v) is 7.36.